The SMILES string of the molecule is Cc1ccc(N2C(=O)C(CO)NCCC2C)cc1Br. The first-order chi connectivity index (χ1) is 9.04. The monoisotopic (exact) mass is 326 g/mol. The van der Waals surface area contributed by atoms with Gasteiger partial charge in [-0.1, -0.05) is 22.0 Å². The molecular formula is C14H19BrN2O2. The van der Waals surface area contributed by atoms with Crippen molar-refractivity contribution in [3.63, 3.8) is 0 Å². The molecule has 0 spiro atoms. The lowest BCUT2D eigenvalue weighted by Crippen LogP contribution is -2.48. The zero-order chi connectivity index (χ0) is 14.0. The Morgan fingerprint density at radius 2 is 2.26 bits per heavy atom. The Morgan fingerprint density at radius 3 is 2.89 bits per heavy atom. The van der Waals surface area contributed by atoms with E-state index in [1.807, 2.05) is 32.0 Å². The van der Waals surface area contributed by atoms with E-state index in [1.54, 1.807) is 4.90 Å². The number of anilines is 1. The Labute approximate surface area is 121 Å². The fraction of sp³-hybridized carbons (Fsp3) is 0.500. The molecule has 2 unspecified atom stereocenters. The summed E-state index contributed by atoms with van der Waals surface area (Å²) >= 11 is 3.50. The van der Waals surface area contributed by atoms with Crippen molar-refractivity contribution in [2.24, 2.45) is 0 Å². The van der Waals surface area contributed by atoms with Crippen molar-refractivity contribution in [1.29, 1.82) is 0 Å². The minimum absolute atomic E-state index is 0.0664. The predicted molar refractivity (Wildman–Crippen MR) is 79.3 cm³/mol. The van der Waals surface area contributed by atoms with Crippen molar-refractivity contribution in [2.45, 2.75) is 32.4 Å². The molecule has 0 saturated carbocycles. The number of hydrogen-bond acceptors (Lipinski definition) is 3. The molecule has 1 aromatic rings. The van der Waals surface area contributed by atoms with Gasteiger partial charge < -0.3 is 15.3 Å². The van der Waals surface area contributed by atoms with Crippen molar-refractivity contribution in [2.75, 3.05) is 18.1 Å². The molecule has 2 atom stereocenters. The Hall–Kier alpha value is -0.910. The van der Waals surface area contributed by atoms with E-state index in [2.05, 4.69) is 21.2 Å². The van der Waals surface area contributed by atoms with Crippen LogP contribution in [-0.2, 0) is 4.79 Å². The summed E-state index contributed by atoms with van der Waals surface area (Å²) in [6, 6.07) is 5.51. The molecule has 19 heavy (non-hydrogen) atoms. The van der Waals surface area contributed by atoms with E-state index < -0.39 is 6.04 Å². The zero-order valence-corrected chi connectivity index (χ0v) is 12.8. The first-order valence-electron chi connectivity index (χ1n) is 6.48. The van der Waals surface area contributed by atoms with Crippen molar-refractivity contribution < 1.29 is 9.90 Å². The lowest BCUT2D eigenvalue weighted by atomic mass is 10.1. The quantitative estimate of drug-likeness (QED) is 0.871. The Balaban J connectivity index is 2.37. The number of carbonyl (C=O) groups is 1. The van der Waals surface area contributed by atoms with Crippen LogP contribution in [0.3, 0.4) is 0 Å². The fourth-order valence-corrected chi connectivity index (χ4v) is 2.69. The van der Waals surface area contributed by atoms with Gasteiger partial charge in [-0.15, -0.1) is 0 Å². The summed E-state index contributed by atoms with van der Waals surface area (Å²) in [5, 5.41) is 12.4. The maximum Gasteiger partial charge on any atom is 0.246 e. The van der Waals surface area contributed by atoms with Crippen LogP contribution in [0.25, 0.3) is 0 Å². The highest BCUT2D eigenvalue weighted by Crippen LogP contribution is 2.27. The van der Waals surface area contributed by atoms with Gasteiger partial charge >= 0.3 is 0 Å². The number of aliphatic hydroxyl groups excluding tert-OH is 1. The third-order valence-electron chi connectivity index (χ3n) is 3.55. The van der Waals surface area contributed by atoms with Gasteiger partial charge in [0.2, 0.25) is 5.91 Å². The summed E-state index contributed by atoms with van der Waals surface area (Å²) < 4.78 is 0.989. The van der Waals surface area contributed by atoms with Gasteiger partial charge in [-0.3, -0.25) is 4.79 Å². The van der Waals surface area contributed by atoms with Crippen molar-refractivity contribution in [3.05, 3.63) is 28.2 Å². The molecule has 5 heteroatoms. The first kappa shape index (κ1) is 14.5. The summed E-state index contributed by atoms with van der Waals surface area (Å²) in [6.45, 7) is 4.61. The summed E-state index contributed by atoms with van der Waals surface area (Å²) in [5.74, 6) is -0.0664. The molecule has 1 aliphatic heterocycles. The number of aliphatic hydroxyl groups is 1. The second-order valence-electron chi connectivity index (χ2n) is 4.97. The second kappa shape index (κ2) is 6.03. The smallest absolute Gasteiger partial charge is 0.246 e. The maximum atomic E-state index is 12.5. The van der Waals surface area contributed by atoms with E-state index in [9.17, 15) is 9.90 Å². The molecule has 1 saturated heterocycles. The second-order valence-corrected chi connectivity index (χ2v) is 5.82. The van der Waals surface area contributed by atoms with Crippen LogP contribution in [0.5, 0.6) is 0 Å². The van der Waals surface area contributed by atoms with Crippen LogP contribution in [0.2, 0.25) is 0 Å². The maximum absolute atomic E-state index is 12.5. The fourth-order valence-electron chi connectivity index (χ4n) is 2.32. The summed E-state index contributed by atoms with van der Waals surface area (Å²) in [4.78, 5) is 14.3. The molecule has 1 aromatic carbocycles. The number of amides is 1. The average molecular weight is 327 g/mol. The van der Waals surface area contributed by atoms with Crippen LogP contribution in [0, 0.1) is 6.92 Å². The van der Waals surface area contributed by atoms with Crippen LogP contribution in [-0.4, -0.2) is 36.2 Å². The van der Waals surface area contributed by atoms with E-state index in [1.165, 1.54) is 0 Å². The first-order valence-corrected chi connectivity index (χ1v) is 7.27. The highest BCUT2D eigenvalue weighted by Gasteiger charge is 2.31. The van der Waals surface area contributed by atoms with Crippen LogP contribution < -0.4 is 10.2 Å². The van der Waals surface area contributed by atoms with E-state index in [0.29, 0.717) is 0 Å². The molecule has 2 N–H and O–H groups in total. The minimum atomic E-state index is -0.509. The standard InChI is InChI=1S/C14H19BrN2O2/c1-9-3-4-11(7-12(9)15)17-10(2)5-6-16-13(8-18)14(17)19/h3-4,7,10,13,16,18H,5-6,8H2,1-2H3. The molecule has 0 radical (unpaired) electrons. The molecule has 1 aliphatic rings. The molecule has 2 rings (SSSR count). The Bertz CT molecular complexity index is 479. The van der Waals surface area contributed by atoms with Crippen molar-refractivity contribution in [3.8, 4) is 0 Å². The topological polar surface area (TPSA) is 52.6 Å². The third-order valence-corrected chi connectivity index (χ3v) is 4.40. The van der Waals surface area contributed by atoms with Gasteiger partial charge in [0.15, 0.2) is 0 Å². The Kier molecular flexibility index (Phi) is 4.60. The number of rotatable bonds is 2. The summed E-state index contributed by atoms with van der Waals surface area (Å²) in [7, 11) is 0. The number of carbonyl (C=O) groups excluding carboxylic acids is 1. The van der Waals surface area contributed by atoms with Gasteiger partial charge in [0.25, 0.3) is 0 Å². The number of nitrogens with zero attached hydrogens (tertiary/aromatic N) is 1. The van der Waals surface area contributed by atoms with Crippen molar-refractivity contribution >= 4 is 27.5 Å². The molecule has 0 aliphatic carbocycles. The van der Waals surface area contributed by atoms with Crippen molar-refractivity contribution in [1.82, 2.24) is 5.32 Å². The minimum Gasteiger partial charge on any atom is -0.394 e. The molecule has 1 heterocycles. The normalized spacial score (nSPS) is 24.4. The van der Waals surface area contributed by atoms with Gasteiger partial charge in [-0.05, 0) is 44.5 Å². The highest BCUT2D eigenvalue weighted by atomic mass is 79.9. The number of aryl methyl sites for hydroxylation is 1. The summed E-state index contributed by atoms with van der Waals surface area (Å²) in [5.41, 5.74) is 2.01. The molecule has 0 bridgehead atoms. The molecular weight excluding hydrogens is 308 g/mol. The average Bonchev–Trinajstić information content (AvgIpc) is 2.52. The van der Waals surface area contributed by atoms with Gasteiger partial charge in [0.1, 0.15) is 6.04 Å². The molecule has 104 valence electrons. The number of halogens is 1. The highest BCUT2D eigenvalue weighted by molar-refractivity contribution is 9.10. The third kappa shape index (κ3) is 2.99. The largest absolute Gasteiger partial charge is 0.394 e. The Morgan fingerprint density at radius 1 is 1.53 bits per heavy atom. The van der Waals surface area contributed by atoms with E-state index in [4.69, 9.17) is 0 Å². The van der Waals surface area contributed by atoms with Gasteiger partial charge in [-0.2, -0.15) is 0 Å². The summed E-state index contributed by atoms with van der Waals surface area (Å²) in [6.07, 6.45) is 0.869. The predicted octanol–water partition coefficient (Wildman–Crippen LogP) is 1.83. The zero-order valence-electron chi connectivity index (χ0n) is 11.2. The molecule has 0 aromatic heterocycles. The number of benzene rings is 1. The van der Waals surface area contributed by atoms with Gasteiger partial charge in [-0.25, -0.2) is 0 Å². The van der Waals surface area contributed by atoms with Crippen LogP contribution >= 0.6 is 15.9 Å². The van der Waals surface area contributed by atoms with E-state index in [-0.39, 0.29) is 18.6 Å². The number of hydrogen-bond donors (Lipinski definition) is 2. The number of nitrogens with one attached hydrogen (secondary N) is 1. The van der Waals surface area contributed by atoms with Crippen LogP contribution in [0.4, 0.5) is 5.69 Å². The van der Waals surface area contributed by atoms with Gasteiger partial charge in [0, 0.05) is 16.2 Å². The van der Waals surface area contributed by atoms with E-state index in [0.717, 1.165) is 28.7 Å². The van der Waals surface area contributed by atoms with E-state index >= 15 is 0 Å². The molecule has 1 amide bonds. The van der Waals surface area contributed by atoms with Crippen LogP contribution in [0.1, 0.15) is 18.9 Å². The molecule has 4 nitrogen and oxygen atoms in total. The van der Waals surface area contributed by atoms with Crippen LogP contribution in [0.15, 0.2) is 22.7 Å². The molecule has 1 fully saturated rings. The lowest BCUT2D eigenvalue weighted by molar-refractivity contribution is -0.121. The lowest BCUT2D eigenvalue weighted by Gasteiger charge is -2.29. The van der Waals surface area contributed by atoms with Gasteiger partial charge in [0.05, 0.1) is 6.61 Å².